The van der Waals surface area contributed by atoms with Gasteiger partial charge in [-0.25, -0.2) is 0 Å². The van der Waals surface area contributed by atoms with Crippen molar-refractivity contribution in [3.63, 3.8) is 0 Å². The summed E-state index contributed by atoms with van der Waals surface area (Å²) in [5.41, 5.74) is 0. The van der Waals surface area contributed by atoms with Gasteiger partial charge in [-0.2, -0.15) is 5.10 Å². The Morgan fingerprint density at radius 2 is 2.35 bits per heavy atom. The number of hydrogen-bond acceptors (Lipinski definition) is 3. The number of likely N-dealkylation sites (tertiary alicyclic amines) is 1. The number of rotatable bonds is 4. The maximum atomic E-state index is 4.24. The summed E-state index contributed by atoms with van der Waals surface area (Å²) in [7, 11) is 2.22. The van der Waals surface area contributed by atoms with Crippen molar-refractivity contribution in [3.05, 3.63) is 18.5 Å². The molecule has 1 aromatic rings. The number of hydrogen-bond donors (Lipinski definition) is 1. The van der Waals surface area contributed by atoms with E-state index in [0.29, 0.717) is 18.1 Å². The molecule has 0 aliphatic carbocycles. The van der Waals surface area contributed by atoms with Crippen molar-refractivity contribution in [1.82, 2.24) is 20.0 Å². The molecular formula is C13H24N4. The van der Waals surface area contributed by atoms with E-state index >= 15 is 0 Å². The molecule has 1 fully saturated rings. The van der Waals surface area contributed by atoms with Crippen LogP contribution in [0.3, 0.4) is 0 Å². The Labute approximate surface area is 104 Å². The van der Waals surface area contributed by atoms with E-state index in [9.17, 15) is 0 Å². The minimum absolute atomic E-state index is 0.482. The standard InChI is InChI=1S/C13H24N4/c1-11(10-17-7-4-6-14-17)15-13-5-8-16(3)12(2)9-13/h4,6-7,11-13,15H,5,8-10H2,1-3H3. The van der Waals surface area contributed by atoms with E-state index in [2.05, 4.69) is 36.2 Å². The molecule has 1 aliphatic heterocycles. The largest absolute Gasteiger partial charge is 0.310 e. The first-order valence-corrected chi connectivity index (χ1v) is 6.59. The molecular weight excluding hydrogens is 212 g/mol. The first-order chi connectivity index (χ1) is 8.15. The molecule has 0 amide bonds. The SMILES string of the molecule is CC(Cn1cccn1)NC1CCN(C)C(C)C1. The summed E-state index contributed by atoms with van der Waals surface area (Å²) >= 11 is 0. The van der Waals surface area contributed by atoms with E-state index in [1.165, 1.54) is 19.4 Å². The third-order valence-corrected chi connectivity index (χ3v) is 3.75. The molecule has 2 heterocycles. The van der Waals surface area contributed by atoms with Gasteiger partial charge < -0.3 is 10.2 Å². The van der Waals surface area contributed by atoms with Crippen LogP contribution < -0.4 is 5.32 Å². The summed E-state index contributed by atoms with van der Waals surface area (Å²) in [6, 6.07) is 3.81. The zero-order valence-electron chi connectivity index (χ0n) is 11.1. The highest BCUT2D eigenvalue weighted by Gasteiger charge is 2.23. The molecule has 0 spiro atoms. The van der Waals surface area contributed by atoms with Gasteiger partial charge in [0.05, 0.1) is 6.54 Å². The van der Waals surface area contributed by atoms with Crippen molar-refractivity contribution in [2.75, 3.05) is 13.6 Å². The van der Waals surface area contributed by atoms with E-state index in [-0.39, 0.29) is 0 Å². The minimum Gasteiger partial charge on any atom is -0.310 e. The van der Waals surface area contributed by atoms with Crippen LogP contribution in [0.5, 0.6) is 0 Å². The summed E-state index contributed by atoms with van der Waals surface area (Å²) in [6.45, 7) is 6.71. The third-order valence-electron chi connectivity index (χ3n) is 3.75. The van der Waals surface area contributed by atoms with Crippen LogP contribution in [0.2, 0.25) is 0 Å². The molecule has 0 aromatic carbocycles. The van der Waals surface area contributed by atoms with Gasteiger partial charge in [-0.3, -0.25) is 4.68 Å². The Bertz CT molecular complexity index is 322. The average molecular weight is 236 g/mol. The summed E-state index contributed by atoms with van der Waals surface area (Å²) in [6.07, 6.45) is 6.37. The summed E-state index contributed by atoms with van der Waals surface area (Å²) < 4.78 is 2.00. The minimum atomic E-state index is 0.482. The maximum Gasteiger partial charge on any atom is 0.0560 e. The Kier molecular flexibility index (Phi) is 4.18. The van der Waals surface area contributed by atoms with Crippen LogP contribution in [0.1, 0.15) is 26.7 Å². The fourth-order valence-electron chi connectivity index (χ4n) is 2.58. The van der Waals surface area contributed by atoms with Crippen molar-refractivity contribution in [1.29, 1.82) is 0 Å². The predicted molar refractivity (Wildman–Crippen MR) is 69.9 cm³/mol. The van der Waals surface area contributed by atoms with Crippen LogP contribution in [-0.2, 0) is 6.54 Å². The molecule has 1 saturated heterocycles. The van der Waals surface area contributed by atoms with Gasteiger partial charge in [0, 0.05) is 30.5 Å². The number of nitrogens with one attached hydrogen (secondary N) is 1. The number of nitrogens with zero attached hydrogens (tertiary/aromatic N) is 3. The van der Waals surface area contributed by atoms with Crippen molar-refractivity contribution < 1.29 is 0 Å². The highest BCUT2D eigenvalue weighted by molar-refractivity contribution is 4.84. The molecule has 0 bridgehead atoms. The average Bonchev–Trinajstić information content (AvgIpc) is 2.76. The summed E-state index contributed by atoms with van der Waals surface area (Å²) in [4.78, 5) is 2.44. The second kappa shape index (κ2) is 5.65. The zero-order chi connectivity index (χ0) is 12.3. The molecule has 96 valence electrons. The molecule has 1 aromatic heterocycles. The highest BCUT2D eigenvalue weighted by Crippen LogP contribution is 2.15. The van der Waals surface area contributed by atoms with Gasteiger partial charge in [-0.15, -0.1) is 0 Å². The molecule has 4 nitrogen and oxygen atoms in total. The van der Waals surface area contributed by atoms with Crippen LogP contribution in [0.15, 0.2) is 18.5 Å². The normalized spacial score (nSPS) is 28.2. The molecule has 1 N–H and O–H groups in total. The quantitative estimate of drug-likeness (QED) is 0.856. The fraction of sp³-hybridized carbons (Fsp3) is 0.769. The van der Waals surface area contributed by atoms with E-state index < -0.39 is 0 Å². The Morgan fingerprint density at radius 3 is 3.00 bits per heavy atom. The van der Waals surface area contributed by atoms with Gasteiger partial charge in [0.2, 0.25) is 0 Å². The van der Waals surface area contributed by atoms with E-state index in [4.69, 9.17) is 0 Å². The van der Waals surface area contributed by atoms with Gasteiger partial charge in [-0.05, 0) is 46.3 Å². The van der Waals surface area contributed by atoms with Gasteiger partial charge >= 0.3 is 0 Å². The molecule has 1 aliphatic rings. The smallest absolute Gasteiger partial charge is 0.0560 e. The van der Waals surface area contributed by atoms with E-state index in [1.807, 2.05) is 23.1 Å². The predicted octanol–water partition coefficient (Wildman–Crippen LogP) is 1.34. The lowest BCUT2D eigenvalue weighted by Crippen LogP contribution is -2.48. The van der Waals surface area contributed by atoms with Gasteiger partial charge in [0.1, 0.15) is 0 Å². The molecule has 0 saturated carbocycles. The molecule has 2 rings (SSSR count). The zero-order valence-corrected chi connectivity index (χ0v) is 11.1. The Hall–Kier alpha value is -0.870. The van der Waals surface area contributed by atoms with Gasteiger partial charge in [0.25, 0.3) is 0 Å². The van der Waals surface area contributed by atoms with E-state index in [1.54, 1.807) is 0 Å². The van der Waals surface area contributed by atoms with E-state index in [0.717, 1.165) is 6.54 Å². The van der Waals surface area contributed by atoms with Crippen LogP contribution in [-0.4, -0.2) is 46.4 Å². The van der Waals surface area contributed by atoms with Crippen LogP contribution in [0.4, 0.5) is 0 Å². The molecule has 3 unspecified atom stereocenters. The summed E-state index contributed by atoms with van der Waals surface area (Å²) in [5.74, 6) is 0. The van der Waals surface area contributed by atoms with Crippen molar-refractivity contribution in [3.8, 4) is 0 Å². The fourth-order valence-corrected chi connectivity index (χ4v) is 2.58. The second-order valence-electron chi connectivity index (χ2n) is 5.35. The van der Waals surface area contributed by atoms with Crippen LogP contribution >= 0.6 is 0 Å². The van der Waals surface area contributed by atoms with Gasteiger partial charge in [0.15, 0.2) is 0 Å². The maximum absolute atomic E-state index is 4.24. The van der Waals surface area contributed by atoms with Crippen LogP contribution in [0.25, 0.3) is 0 Å². The third kappa shape index (κ3) is 3.54. The van der Waals surface area contributed by atoms with Crippen molar-refractivity contribution in [2.45, 2.75) is 51.4 Å². The molecule has 0 radical (unpaired) electrons. The Morgan fingerprint density at radius 1 is 1.53 bits per heavy atom. The first kappa shape index (κ1) is 12.6. The molecule has 3 atom stereocenters. The lowest BCUT2D eigenvalue weighted by Gasteiger charge is -2.36. The van der Waals surface area contributed by atoms with Crippen molar-refractivity contribution in [2.24, 2.45) is 0 Å². The second-order valence-corrected chi connectivity index (χ2v) is 5.35. The Balaban J connectivity index is 1.77. The molecule has 17 heavy (non-hydrogen) atoms. The molecule has 4 heteroatoms. The van der Waals surface area contributed by atoms with Crippen LogP contribution in [0, 0.1) is 0 Å². The summed E-state index contributed by atoms with van der Waals surface area (Å²) in [5, 5.41) is 7.97. The van der Waals surface area contributed by atoms with Crippen molar-refractivity contribution >= 4 is 0 Å². The highest BCUT2D eigenvalue weighted by atomic mass is 15.3. The lowest BCUT2D eigenvalue weighted by atomic mass is 9.98. The number of piperidine rings is 1. The lowest BCUT2D eigenvalue weighted by molar-refractivity contribution is 0.161. The number of aromatic nitrogens is 2. The first-order valence-electron chi connectivity index (χ1n) is 6.59. The topological polar surface area (TPSA) is 33.1 Å². The monoisotopic (exact) mass is 236 g/mol. The van der Waals surface area contributed by atoms with Gasteiger partial charge in [-0.1, -0.05) is 0 Å².